The van der Waals surface area contributed by atoms with Crippen LogP contribution in [0, 0.1) is 0 Å². The highest BCUT2D eigenvalue weighted by Gasteiger charge is 2.09. The zero-order chi connectivity index (χ0) is 14.0. The smallest absolute Gasteiger partial charge is 0.0330 e. The largest absolute Gasteiger partial charge is 0.768 e. The van der Waals surface area contributed by atoms with Crippen molar-refractivity contribution in [2.24, 2.45) is 0 Å². The average Bonchev–Trinajstić information content (AvgIpc) is 2.44. The van der Waals surface area contributed by atoms with Crippen LogP contribution in [0.15, 0.2) is 29.2 Å². The standard InChI is InChI=1S/C16H20O2S/c1-4-11-7-13(6-3)14-8-12(5-2)10-16(19(17)18)15(14)9-11/h7-10H,4-6H2,1-3H3,(H,17,18)/p-1. The molecule has 0 aliphatic heterocycles. The number of rotatable bonds is 4. The van der Waals surface area contributed by atoms with Crippen LogP contribution in [-0.4, -0.2) is 8.76 Å². The van der Waals surface area contributed by atoms with Gasteiger partial charge < -0.3 is 4.55 Å². The van der Waals surface area contributed by atoms with Crippen molar-refractivity contribution in [1.82, 2.24) is 0 Å². The average molecular weight is 275 g/mol. The molecule has 0 heterocycles. The first-order valence-electron chi connectivity index (χ1n) is 6.78. The highest BCUT2D eigenvalue weighted by Crippen LogP contribution is 2.29. The molecule has 0 N–H and O–H groups in total. The third-order valence-corrected chi connectivity index (χ3v) is 4.31. The van der Waals surface area contributed by atoms with Gasteiger partial charge in [-0.2, -0.15) is 0 Å². The lowest BCUT2D eigenvalue weighted by Crippen LogP contribution is -1.97. The lowest BCUT2D eigenvalue weighted by molar-refractivity contribution is 0.538. The minimum atomic E-state index is -2.19. The molecular weight excluding hydrogens is 256 g/mol. The van der Waals surface area contributed by atoms with Crippen LogP contribution in [0.2, 0.25) is 0 Å². The van der Waals surface area contributed by atoms with E-state index >= 15 is 0 Å². The summed E-state index contributed by atoms with van der Waals surface area (Å²) in [6.45, 7) is 6.25. The fraction of sp³-hybridized carbons (Fsp3) is 0.375. The van der Waals surface area contributed by atoms with Crippen LogP contribution in [0.1, 0.15) is 37.5 Å². The molecule has 0 aliphatic carbocycles. The Hall–Kier alpha value is -1.19. The number of fused-ring (bicyclic) bond motifs is 1. The van der Waals surface area contributed by atoms with Gasteiger partial charge in [-0.1, -0.05) is 32.9 Å². The van der Waals surface area contributed by atoms with Crippen LogP contribution in [0.5, 0.6) is 0 Å². The quantitative estimate of drug-likeness (QED) is 0.797. The molecule has 2 nitrogen and oxygen atoms in total. The van der Waals surface area contributed by atoms with E-state index in [1.54, 1.807) is 6.07 Å². The summed E-state index contributed by atoms with van der Waals surface area (Å²) in [4.78, 5) is 0.430. The summed E-state index contributed by atoms with van der Waals surface area (Å²) in [6, 6.07) is 8.13. The lowest BCUT2D eigenvalue weighted by atomic mass is 9.96. The first-order chi connectivity index (χ1) is 9.10. The molecule has 0 aliphatic rings. The summed E-state index contributed by atoms with van der Waals surface area (Å²) in [5, 5.41) is 1.94. The Bertz CT molecular complexity index is 632. The number of aryl methyl sites for hydroxylation is 3. The van der Waals surface area contributed by atoms with Gasteiger partial charge in [0.15, 0.2) is 0 Å². The van der Waals surface area contributed by atoms with Gasteiger partial charge in [0.05, 0.1) is 0 Å². The summed E-state index contributed by atoms with van der Waals surface area (Å²) in [5.41, 5.74) is 3.50. The minimum Gasteiger partial charge on any atom is -0.768 e. The molecule has 19 heavy (non-hydrogen) atoms. The summed E-state index contributed by atoms with van der Waals surface area (Å²) >= 11 is -2.19. The molecule has 2 aromatic carbocycles. The van der Waals surface area contributed by atoms with E-state index in [4.69, 9.17) is 0 Å². The highest BCUT2D eigenvalue weighted by molar-refractivity contribution is 7.79. The molecule has 0 bridgehead atoms. The van der Waals surface area contributed by atoms with Gasteiger partial charge in [0, 0.05) is 4.90 Å². The van der Waals surface area contributed by atoms with Crippen LogP contribution in [-0.2, 0) is 30.3 Å². The van der Waals surface area contributed by atoms with Crippen molar-refractivity contribution in [1.29, 1.82) is 0 Å². The zero-order valence-corrected chi connectivity index (χ0v) is 12.5. The first-order valence-corrected chi connectivity index (χ1v) is 7.85. The van der Waals surface area contributed by atoms with E-state index in [0.29, 0.717) is 4.90 Å². The van der Waals surface area contributed by atoms with Crippen LogP contribution in [0.4, 0.5) is 0 Å². The minimum absolute atomic E-state index is 0.430. The molecular formula is C16H19O2S-. The molecule has 2 aromatic rings. The van der Waals surface area contributed by atoms with Crippen molar-refractivity contribution in [2.45, 2.75) is 44.9 Å². The Morgan fingerprint density at radius 1 is 0.895 bits per heavy atom. The molecule has 1 atom stereocenters. The second kappa shape index (κ2) is 5.85. The van der Waals surface area contributed by atoms with E-state index < -0.39 is 11.1 Å². The van der Waals surface area contributed by atoms with Crippen molar-refractivity contribution in [3.8, 4) is 0 Å². The molecule has 1 unspecified atom stereocenters. The van der Waals surface area contributed by atoms with Gasteiger partial charge in [-0.3, -0.25) is 4.21 Å². The van der Waals surface area contributed by atoms with Crippen LogP contribution in [0.25, 0.3) is 10.8 Å². The maximum atomic E-state index is 11.5. The Labute approximate surface area is 117 Å². The Morgan fingerprint density at radius 3 is 2.00 bits per heavy atom. The molecule has 3 heteroatoms. The summed E-state index contributed by atoms with van der Waals surface area (Å²) in [5.74, 6) is 0. The zero-order valence-electron chi connectivity index (χ0n) is 11.7. The molecule has 0 fully saturated rings. The van der Waals surface area contributed by atoms with Crippen molar-refractivity contribution >= 4 is 21.9 Å². The summed E-state index contributed by atoms with van der Waals surface area (Å²) < 4.78 is 23.0. The molecule has 102 valence electrons. The number of hydrogen-bond acceptors (Lipinski definition) is 2. The van der Waals surface area contributed by atoms with E-state index in [0.717, 1.165) is 35.6 Å². The topological polar surface area (TPSA) is 40.1 Å². The second-order valence-corrected chi connectivity index (χ2v) is 5.65. The Kier molecular flexibility index (Phi) is 4.38. The van der Waals surface area contributed by atoms with Gasteiger partial charge in [0.2, 0.25) is 0 Å². The number of benzene rings is 2. The van der Waals surface area contributed by atoms with Gasteiger partial charge in [-0.15, -0.1) is 0 Å². The fourth-order valence-corrected chi connectivity index (χ4v) is 3.06. The van der Waals surface area contributed by atoms with Crippen molar-refractivity contribution < 1.29 is 8.76 Å². The monoisotopic (exact) mass is 275 g/mol. The van der Waals surface area contributed by atoms with E-state index in [1.165, 1.54) is 11.1 Å². The molecule has 0 spiro atoms. The van der Waals surface area contributed by atoms with Crippen molar-refractivity contribution in [2.75, 3.05) is 0 Å². The van der Waals surface area contributed by atoms with Crippen LogP contribution >= 0.6 is 0 Å². The van der Waals surface area contributed by atoms with Crippen molar-refractivity contribution in [3.63, 3.8) is 0 Å². The van der Waals surface area contributed by atoms with E-state index in [-0.39, 0.29) is 0 Å². The molecule has 0 saturated carbocycles. The molecule has 0 saturated heterocycles. The van der Waals surface area contributed by atoms with Gasteiger partial charge in [-0.25, -0.2) is 0 Å². The fourth-order valence-electron chi connectivity index (χ4n) is 2.47. The second-order valence-electron chi connectivity index (χ2n) is 4.74. The maximum absolute atomic E-state index is 11.5. The molecule has 0 radical (unpaired) electrons. The first kappa shape index (κ1) is 14.2. The van der Waals surface area contributed by atoms with Gasteiger partial charge in [0.25, 0.3) is 0 Å². The molecule has 0 amide bonds. The predicted molar refractivity (Wildman–Crippen MR) is 79.3 cm³/mol. The molecule has 0 aromatic heterocycles. The third kappa shape index (κ3) is 2.72. The highest BCUT2D eigenvalue weighted by atomic mass is 32.2. The Morgan fingerprint density at radius 2 is 1.47 bits per heavy atom. The van der Waals surface area contributed by atoms with E-state index in [1.807, 2.05) is 13.0 Å². The normalized spacial score (nSPS) is 12.8. The van der Waals surface area contributed by atoms with E-state index in [9.17, 15) is 8.76 Å². The summed E-state index contributed by atoms with van der Waals surface area (Å²) in [6.07, 6.45) is 2.69. The van der Waals surface area contributed by atoms with Gasteiger partial charge in [-0.05, 0) is 69.9 Å². The van der Waals surface area contributed by atoms with Crippen molar-refractivity contribution in [3.05, 3.63) is 41.0 Å². The van der Waals surface area contributed by atoms with Gasteiger partial charge >= 0.3 is 0 Å². The number of hydrogen-bond donors (Lipinski definition) is 0. The van der Waals surface area contributed by atoms with E-state index in [2.05, 4.69) is 26.0 Å². The predicted octanol–water partition coefficient (Wildman–Crippen LogP) is 3.77. The maximum Gasteiger partial charge on any atom is 0.0330 e. The molecule has 2 rings (SSSR count). The summed E-state index contributed by atoms with van der Waals surface area (Å²) in [7, 11) is 0. The third-order valence-electron chi connectivity index (χ3n) is 3.61. The van der Waals surface area contributed by atoms with Gasteiger partial charge in [0.1, 0.15) is 0 Å². The lowest BCUT2D eigenvalue weighted by Gasteiger charge is -2.15. The SMILES string of the molecule is CCc1cc(S(=O)[O-])c2cc(CC)cc(CC)c2c1. The van der Waals surface area contributed by atoms with Crippen LogP contribution < -0.4 is 0 Å². The Balaban J connectivity index is 2.87. The van der Waals surface area contributed by atoms with Crippen LogP contribution in [0.3, 0.4) is 0 Å².